The average molecular weight is 775 g/mol. The predicted molar refractivity (Wildman–Crippen MR) is 217 cm³/mol. The van der Waals surface area contributed by atoms with Crippen LogP contribution in [0.15, 0.2) is 97.1 Å². The molecule has 9 rings (SSSR count). The maximum atomic E-state index is 6.47. The first kappa shape index (κ1) is 35.6. The van der Waals surface area contributed by atoms with Crippen molar-refractivity contribution in [2.24, 2.45) is 0 Å². The summed E-state index contributed by atoms with van der Waals surface area (Å²) < 4.78 is 0. The summed E-state index contributed by atoms with van der Waals surface area (Å²) in [6, 6.07) is 37.6. The molecule has 8 unspecified atom stereocenters. The molecule has 8 atom stereocenters. The van der Waals surface area contributed by atoms with E-state index in [-0.39, 0.29) is 0 Å². The Balaban J connectivity index is 1.14. The van der Waals surface area contributed by atoms with E-state index >= 15 is 0 Å². The second-order valence-corrected chi connectivity index (χ2v) is 17.9. The van der Waals surface area contributed by atoms with Gasteiger partial charge < -0.3 is 21.3 Å². The summed E-state index contributed by atoms with van der Waals surface area (Å²) >= 11 is 25.9. The molecule has 5 saturated heterocycles. The van der Waals surface area contributed by atoms with Gasteiger partial charge in [-0.1, -0.05) is 94.9 Å². The Bertz CT molecular complexity index is 1510. The van der Waals surface area contributed by atoms with Gasteiger partial charge in [0.15, 0.2) is 0 Å². The summed E-state index contributed by atoms with van der Waals surface area (Å²) in [4.78, 5) is 0. The number of hydrogen-bond donors (Lipinski definition) is 4. The number of nitrogens with one attached hydrogen (secondary N) is 4. The fourth-order valence-electron chi connectivity index (χ4n) is 11.2. The number of fused-ring (bicyclic) bond motifs is 8. The van der Waals surface area contributed by atoms with Crippen LogP contribution in [0.2, 0.25) is 20.1 Å². The lowest BCUT2D eigenvalue weighted by molar-refractivity contribution is 0.305. The van der Waals surface area contributed by atoms with Crippen molar-refractivity contribution in [2.45, 2.75) is 123 Å². The van der Waals surface area contributed by atoms with Gasteiger partial charge in [-0.3, -0.25) is 0 Å². The van der Waals surface area contributed by atoms with E-state index in [1.54, 1.807) is 0 Å². The van der Waals surface area contributed by atoms with Gasteiger partial charge in [0, 0.05) is 92.1 Å². The molecule has 4 nitrogen and oxygen atoms in total. The molecule has 8 bridgehead atoms. The molecule has 5 fully saturated rings. The van der Waals surface area contributed by atoms with Gasteiger partial charge in [0.25, 0.3) is 0 Å². The molecular formula is C44H48Cl4N4. The van der Waals surface area contributed by atoms with Crippen LogP contribution in [0.1, 0.15) is 97.3 Å². The summed E-state index contributed by atoms with van der Waals surface area (Å²) in [6.07, 6.45) is 9.12. The van der Waals surface area contributed by atoms with Crippen LogP contribution in [0.4, 0.5) is 0 Å². The highest BCUT2D eigenvalue weighted by Gasteiger charge is 2.49. The molecule has 5 heterocycles. The molecule has 0 aromatic heterocycles. The summed E-state index contributed by atoms with van der Waals surface area (Å²) in [5, 5.41) is 20.4. The Kier molecular flexibility index (Phi) is 10.4. The molecule has 0 radical (unpaired) electrons. The van der Waals surface area contributed by atoms with Crippen molar-refractivity contribution in [1.29, 1.82) is 0 Å². The predicted octanol–water partition coefficient (Wildman–Crippen LogP) is 10.2. The van der Waals surface area contributed by atoms with Crippen molar-refractivity contribution in [3.8, 4) is 0 Å². The van der Waals surface area contributed by atoms with Gasteiger partial charge >= 0.3 is 0 Å². The van der Waals surface area contributed by atoms with E-state index in [0.717, 1.165) is 71.5 Å². The topological polar surface area (TPSA) is 48.1 Å². The van der Waals surface area contributed by atoms with E-state index in [2.05, 4.69) is 118 Å². The second kappa shape index (κ2) is 15.2. The van der Waals surface area contributed by atoms with Crippen LogP contribution in [0.5, 0.6) is 0 Å². The molecule has 0 spiro atoms. The van der Waals surface area contributed by atoms with Crippen molar-refractivity contribution in [1.82, 2.24) is 21.3 Å². The lowest BCUT2D eigenvalue weighted by Crippen LogP contribution is -2.51. The highest BCUT2D eigenvalue weighted by atomic mass is 35.5. The third-order valence-corrected chi connectivity index (χ3v) is 14.4. The Morgan fingerprint density at radius 2 is 0.423 bits per heavy atom. The number of rotatable bonds is 4. The van der Waals surface area contributed by atoms with Gasteiger partial charge in [0.05, 0.1) is 0 Å². The van der Waals surface area contributed by atoms with E-state index in [1.165, 1.54) is 22.3 Å². The summed E-state index contributed by atoms with van der Waals surface area (Å²) in [5.74, 6) is 1.33. The van der Waals surface area contributed by atoms with Gasteiger partial charge in [-0.05, 0) is 122 Å². The lowest BCUT2D eigenvalue weighted by Gasteiger charge is -2.37. The Hall–Kier alpha value is -2.12. The molecule has 4 aromatic carbocycles. The van der Waals surface area contributed by atoms with E-state index < -0.39 is 0 Å². The first-order chi connectivity index (χ1) is 25.4. The maximum absolute atomic E-state index is 6.47. The zero-order chi connectivity index (χ0) is 35.3. The smallest absolute Gasteiger partial charge is 0.0406 e. The Morgan fingerprint density at radius 1 is 0.269 bits per heavy atom. The van der Waals surface area contributed by atoms with Crippen molar-refractivity contribution in [2.75, 3.05) is 0 Å². The minimum absolute atomic E-state index is 0.333. The molecule has 52 heavy (non-hydrogen) atoms. The molecule has 8 heteroatoms. The van der Waals surface area contributed by atoms with Gasteiger partial charge in [0.2, 0.25) is 0 Å². The summed E-state index contributed by atoms with van der Waals surface area (Å²) in [7, 11) is 0. The molecule has 0 saturated carbocycles. The van der Waals surface area contributed by atoms with Gasteiger partial charge in [-0.15, -0.1) is 0 Å². The second-order valence-electron chi connectivity index (χ2n) is 16.1. The van der Waals surface area contributed by atoms with E-state index in [9.17, 15) is 0 Å². The standard InChI is InChI=1S/C44H48Cl4N4/c45-29-9-1-25(2-10-29)41-33-17-19-35(49-33)42(26-3-11-30(46)12-4-26)37-21-23-39(51-37)44(28-7-15-32(48)16-8-28)40-24-22-38(52-40)43(36-20-18-34(41)50-36)27-5-13-31(47)14-6-27/h1-16,33-44,49-52H,17-24H2. The van der Waals surface area contributed by atoms with Crippen LogP contribution in [0, 0.1) is 0 Å². The quantitative estimate of drug-likeness (QED) is 0.167. The maximum Gasteiger partial charge on any atom is 0.0406 e. The fraction of sp³-hybridized carbons (Fsp3) is 0.455. The molecular weight excluding hydrogens is 726 g/mol. The lowest BCUT2D eigenvalue weighted by atomic mass is 9.83. The molecule has 5 aliphatic rings. The van der Waals surface area contributed by atoms with Crippen LogP contribution in [-0.2, 0) is 0 Å². The molecule has 5 aliphatic heterocycles. The Labute approximate surface area is 328 Å². The van der Waals surface area contributed by atoms with Crippen molar-refractivity contribution in [3.05, 3.63) is 139 Å². The van der Waals surface area contributed by atoms with E-state index in [0.29, 0.717) is 72.0 Å². The number of benzene rings is 4. The normalized spacial score (nSPS) is 35.9. The zero-order valence-corrected chi connectivity index (χ0v) is 32.4. The van der Waals surface area contributed by atoms with Crippen LogP contribution in [0.3, 0.4) is 0 Å². The van der Waals surface area contributed by atoms with Gasteiger partial charge in [-0.2, -0.15) is 0 Å². The molecule has 4 aromatic rings. The first-order valence-electron chi connectivity index (χ1n) is 19.4. The SMILES string of the molecule is Clc1ccc(C2C3CCC(N3)C(c3ccc(Cl)cc3)C3CCC(N3)C(c3ccc(Cl)cc3)C3CCC(N3)C(c3ccc(Cl)cc3)C3CCC2N3)cc1. The highest BCUT2D eigenvalue weighted by Crippen LogP contribution is 2.46. The van der Waals surface area contributed by atoms with Crippen LogP contribution in [0.25, 0.3) is 0 Å². The monoisotopic (exact) mass is 772 g/mol. The van der Waals surface area contributed by atoms with Crippen molar-refractivity contribution >= 4 is 46.4 Å². The largest absolute Gasteiger partial charge is 0.310 e. The van der Waals surface area contributed by atoms with Gasteiger partial charge in [-0.25, -0.2) is 0 Å². The third kappa shape index (κ3) is 7.08. The summed E-state index contributed by atoms with van der Waals surface area (Å²) in [6.45, 7) is 0. The van der Waals surface area contributed by atoms with Crippen molar-refractivity contribution in [3.63, 3.8) is 0 Å². The molecule has 272 valence electrons. The number of hydrogen-bond acceptors (Lipinski definition) is 4. The summed E-state index contributed by atoms with van der Waals surface area (Å²) in [5.41, 5.74) is 5.49. The molecule has 0 aliphatic carbocycles. The average Bonchev–Trinajstić information content (AvgIpc) is 3.99. The first-order valence-corrected chi connectivity index (χ1v) is 21.0. The molecule has 4 N–H and O–H groups in total. The van der Waals surface area contributed by atoms with E-state index in [1.807, 2.05) is 0 Å². The highest BCUT2D eigenvalue weighted by molar-refractivity contribution is 6.31. The van der Waals surface area contributed by atoms with Gasteiger partial charge in [0.1, 0.15) is 0 Å². The van der Waals surface area contributed by atoms with Crippen LogP contribution >= 0.6 is 46.4 Å². The number of halogens is 4. The van der Waals surface area contributed by atoms with Crippen molar-refractivity contribution < 1.29 is 0 Å². The molecule has 0 amide bonds. The minimum atomic E-state index is 0.333. The minimum Gasteiger partial charge on any atom is -0.310 e. The third-order valence-electron chi connectivity index (χ3n) is 13.4. The van der Waals surface area contributed by atoms with Crippen LogP contribution < -0.4 is 21.3 Å². The van der Waals surface area contributed by atoms with Crippen LogP contribution in [-0.4, -0.2) is 48.3 Å². The Morgan fingerprint density at radius 3 is 0.577 bits per heavy atom. The fourth-order valence-corrected chi connectivity index (χ4v) is 11.7. The van der Waals surface area contributed by atoms with E-state index in [4.69, 9.17) is 46.4 Å². The zero-order valence-electron chi connectivity index (χ0n) is 29.3.